The highest BCUT2D eigenvalue weighted by Gasteiger charge is 2.52. The number of carboxylic acid groups (broad SMARTS) is 1. The van der Waals surface area contributed by atoms with E-state index in [1.54, 1.807) is 0 Å². The lowest BCUT2D eigenvalue weighted by Gasteiger charge is -2.46. The fourth-order valence-corrected chi connectivity index (χ4v) is 8.83. The second-order valence-electron chi connectivity index (χ2n) is 19.7. The minimum atomic E-state index is -1.91. The van der Waals surface area contributed by atoms with Gasteiger partial charge >= 0.3 is 17.9 Å². The van der Waals surface area contributed by atoms with E-state index in [1.807, 2.05) is 20.8 Å². The summed E-state index contributed by atoms with van der Waals surface area (Å²) < 4.78 is 46.6. The van der Waals surface area contributed by atoms with Crippen LogP contribution < -0.4 is 0 Å². The zero-order valence-electron chi connectivity index (χ0n) is 41.8. The Balaban J connectivity index is 1.53. The van der Waals surface area contributed by atoms with Gasteiger partial charge in [0.2, 0.25) is 0 Å². The van der Waals surface area contributed by atoms with Crippen LogP contribution in [0.25, 0.3) is 0 Å². The van der Waals surface area contributed by atoms with Crippen molar-refractivity contribution in [3.05, 3.63) is 0 Å². The van der Waals surface area contributed by atoms with E-state index in [2.05, 4.69) is 0 Å². The number of carboxylic acids is 1. The molecular formula is C49H88O21. The molecule has 21 heteroatoms. The molecule has 0 radical (unpaired) electrons. The average Bonchev–Trinajstić information content (AvgIpc) is 3.31. The molecule has 3 aliphatic heterocycles. The van der Waals surface area contributed by atoms with Crippen LogP contribution in [0.5, 0.6) is 0 Å². The van der Waals surface area contributed by atoms with E-state index in [0.717, 1.165) is 96.8 Å². The van der Waals surface area contributed by atoms with Gasteiger partial charge in [-0.05, 0) is 44.4 Å². The van der Waals surface area contributed by atoms with Gasteiger partial charge in [-0.2, -0.15) is 0 Å². The smallest absolute Gasteiger partial charge is 0.332 e. The van der Waals surface area contributed by atoms with Crippen molar-refractivity contribution in [1.82, 2.24) is 0 Å². The topological polar surface area (TPSA) is 327 Å². The van der Waals surface area contributed by atoms with E-state index in [4.69, 9.17) is 43.0 Å². The van der Waals surface area contributed by atoms with Gasteiger partial charge in [-0.1, -0.05) is 111 Å². The summed E-state index contributed by atoms with van der Waals surface area (Å²) in [5, 5.41) is 105. The Labute approximate surface area is 413 Å². The first-order valence-electron chi connectivity index (χ1n) is 25.9. The highest BCUT2D eigenvalue weighted by molar-refractivity contribution is 5.71. The fourth-order valence-electron chi connectivity index (χ4n) is 8.83. The number of aliphatic carboxylic acids is 1. The van der Waals surface area contributed by atoms with E-state index < -0.39 is 135 Å². The number of carbonyl (C=O) groups is 3. The molecule has 0 aromatic rings. The van der Waals surface area contributed by atoms with Crippen molar-refractivity contribution in [1.29, 1.82) is 0 Å². The number of ether oxygens (including phenoxy) is 8. The molecule has 3 rings (SSSR count). The van der Waals surface area contributed by atoms with Crippen LogP contribution in [0.2, 0.25) is 0 Å². The summed E-state index contributed by atoms with van der Waals surface area (Å²) in [5.74, 6) is -2.54. The lowest BCUT2D eigenvalue weighted by Crippen LogP contribution is -2.65. The number of aliphatic hydroxyl groups excluding tert-OH is 9. The van der Waals surface area contributed by atoms with Gasteiger partial charge in [-0.15, -0.1) is 0 Å². The third kappa shape index (κ3) is 22.1. The minimum absolute atomic E-state index is 0.0270. The number of unbranched alkanes of at least 4 members (excludes halogenated alkanes) is 12. The van der Waals surface area contributed by atoms with Crippen LogP contribution in [0.15, 0.2) is 0 Å². The summed E-state index contributed by atoms with van der Waals surface area (Å²) in [5.41, 5.74) is 0. The SMILES string of the molecule is CCCC[C@H](CCC[C@H](O)[C@H](O)CCCCCCCCCCCCCC[C@H](O)C(=O)O)OC1OC[C@H](O)[C@@H](O)[C@@H]1O[C@H]1OC[C@H](OC(C)=O)[C@@H](O)[C@@H]1O[C@H]1O[C@@H](COC(=O)CC(C)C)[C@H](O)[C@@H](O)[C@@H]1O. The molecular weight excluding hydrogens is 925 g/mol. The van der Waals surface area contributed by atoms with Crippen LogP contribution in [-0.4, -0.2) is 193 Å². The Morgan fingerprint density at radius 1 is 0.600 bits per heavy atom. The molecule has 3 saturated heterocycles. The normalized spacial score (nSPS) is 31.2. The van der Waals surface area contributed by atoms with Gasteiger partial charge in [-0.25, -0.2) is 4.79 Å². The molecule has 1 unspecified atom stereocenters. The van der Waals surface area contributed by atoms with Crippen LogP contribution in [0.3, 0.4) is 0 Å². The van der Waals surface area contributed by atoms with Gasteiger partial charge in [0.1, 0.15) is 61.5 Å². The molecule has 3 heterocycles. The van der Waals surface area contributed by atoms with Crippen LogP contribution >= 0.6 is 0 Å². The van der Waals surface area contributed by atoms with Crippen molar-refractivity contribution in [2.75, 3.05) is 19.8 Å². The van der Waals surface area contributed by atoms with Crippen molar-refractivity contribution < 1.29 is 103 Å². The maximum Gasteiger partial charge on any atom is 0.332 e. The first-order valence-corrected chi connectivity index (χ1v) is 25.9. The maximum atomic E-state index is 12.3. The summed E-state index contributed by atoms with van der Waals surface area (Å²) in [6.45, 7) is 5.49. The molecule has 0 spiro atoms. The lowest BCUT2D eigenvalue weighted by molar-refractivity contribution is -0.380. The van der Waals surface area contributed by atoms with E-state index in [-0.39, 0.29) is 18.9 Å². The second kappa shape index (κ2) is 33.6. The Morgan fingerprint density at radius 2 is 1.13 bits per heavy atom. The van der Waals surface area contributed by atoms with Crippen molar-refractivity contribution in [3.8, 4) is 0 Å². The van der Waals surface area contributed by atoms with E-state index >= 15 is 0 Å². The standard InChI is InChI=1S/C49H88O21/c1-5-6-20-31(21-19-24-33(52)32(51)22-17-15-13-11-9-7-8-10-12-14-16-18-23-34(53)46(61)62)67-48-44(39(56)35(54)26-64-48)70-49-45(41(58)37(28-65-49)66-30(4)50)69-47-43(60)42(59)40(57)36(68-47)27-63-38(55)25-29(2)3/h29,31-37,39-45,47-49,51-54,56-60H,5-28H2,1-4H3,(H,61,62)/t31-,32-,33+,34+,35+,36+,37+,39-,40+,41-,42-,43+,44+,45+,47-,48?,49-/m1/s1. The summed E-state index contributed by atoms with van der Waals surface area (Å²) in [7, 11) is 0. The molecule has 70 heavy (non-hydrogen) atoms. The number of rotatable bonds is 35. The molecule has 3 aliphatic rings. The van der Waals surface area contributed by atoms with Gasteiger partial charge in [0.15, 0.2) is 31.1 Å². The monoisotopic (exact) mass is 1010 g/mol. The Bertz CT molecular complexity index is 1440. The zero-order chi connectivity index (χ0) is 51.8. The summed E-state index contributed by atoms with van der Waals surface area (Å²) in [6, 6.07) is 0. The fraction of sp³-hybridized carbons (Fsp3) is 0.939. The van der Waals surface area contributed by atoms with Gasteiger partial charge in [-0.3, -0.25) is 9.59 Å². The molecule has 0 bridgehead atoms. The van der Waals surface area contributed by atoms with Crippen LogP contribution in [0, 0.1) is 5.92 Å². The molecule has 0 aliphatic carbocycles. The largest absolute Gasteiger partial charge is 0.479 e. The molecule has 21 nitrogen and oxygen atoms in total. The van der Waals surface area contributed by atoms with Crippen LogP contribution in [0.4, 0.5) is 0 Å². The number of esters is 2. The highest BCUT2D eigenvalue weighted by atomic mass is 16.8. The third-order valence-electron chi connectivity index (χ3n) is 13.1. The predicted octanol–water partition coefficient (Wildman–Crippen LogP) is 2.26. The zero-order valence-corrected chi connectivity index (χ0v) is 41.8. The molecule has 10 N–H and O–H groups in total. The Morgan fingerprint density at radius 3 is 1.70 bits per heavy atom. The molecule has 3 fully saturated rings. The molecule has 0 saturated carbocycles. The molecule has 17 atom stereocenters. The van der Waals surface area contributed by atoms with Crippen LogP contribution in [0.1, 0.15) is 163 Å². The van der Waals surface area contributed by atoms with E-state index in [1.165, 1.54) is 0 Å². The van der Waals surface area contributed by atoms with Crippen molar-refractivity contribution in [2.45, 2.75) is 267 Å². The van der Waals surface area contributed by atoms with Gasteiger partial charge in [0.25, 0.3) is 0 Å². The Hall–Kier alpha value is -2.19. The molecule has 0 aromatic carbocycles. The maximum absolute atomic E-state index is 12.3. The molecule has 410 valence electrons. The molecule has 0 amide bonds. The minimum Gasteiger partial charge on any atom is -0.479 e. The quantitative estimate of drug-likeness (QED) is 0.0321. The first kappa shape index (κ1) is 62.1. The second-order valence-corrected chi connectivity index (χ2v) is 19.7. The van der Waals surface area contributed by atoms with Crippen molar-refractivity contribution in [3.63, 3.8) is 0 Å². The average molecular weight is 1010 g/mol. The summed E-state index contributed by atoms with van der Waals surface area (Å²) in [4.78, 5) is 34.9. The number of hydrogen-bond donors (Lipinski definition) is 10. The highest BCUT2D eigenvalue weighted by Crippen LogP contribution is 2.33. The van der Waals surface area contributed by atoms with Crippen molar-refractivity contribution in [2.24, 2.45) is 5.92 Å². The van der Waals surface area contributed by atoms with E-state index in [9.17, 15) is 60.3 Å². The summed E-state index contributed by atoms with van der Waals surface area (Å²) in [6.07, 6.45) is -7.89. The number of aliphatic hydroxyl groups is 9. The number of hydrogen-bond acceptors (Lipinski definition) is 20. The van der Waals surface area contributed by atoms with Crippen LogP contribution in [-0.2, 0) is 52.3 Å². The Kier molecular flexibility index (Phi) is 29.8. The van der Waals surface area contributed by atoms with Gasteiger partial charge in [0, 0.05) is 13.3 Å². The van der Waals surface area contributed by atoms with Gasteiger partial charge < -0.3 is 89.0 Å². The lowest BCUT2D eigenvalue weighted by atomic mass is 9.98. The van der Waals surface area contributed by atoms with Gasteiger partial charge in [0.05, 0.1) is 31.5 Å². The summed E-state index contributed by atoms with van der Waals surface area (Å²) >= 11 is 0. The van der Waals surface area contributed by atoms with E-state index in [0.29, 0.717) is 38.5 Å². The number of carbonyl (C=O) groups excluding carboxylic acids is 2. The first-order chi connectivity index (χ1) is 33.3. The predicted molar refractivity (Wildman–Crippen MR) is 248 cm³/mol. The van der Waals surface area contributed by atoms with Crippen molar-refractivity contribution >= 4 is 17.9 Å². The molecule has 0 aromatic heterocycles. The third-order valence-corrected chi connectivity index (χ3v) is 13.1.